The highest BCUT2D eigenvalue weighted by atomic mass is 16.5. The van der Waals surface area contributed by atoms with E-state index < -0.39 is 0 Å². The number of rotatable bonds is 3. The Hall–Kier alpha value is -1.35. The van der Waals surface area contributed by atoms with Crippen molar-refractivity contribution in [2.45, 2.75) is 32.9 Å². The minimum atomic E-state index is -0.124. The molecule has 1 aromatic carbocycles. The maximum absolute atomic E-state index is 11.6. The van der Waals surface area contributed by atoms with Crippen LogP contribution < -0.4 is 0 Å². The molecule has 1 aromatic rings. The van der Waals surface area contributed by atoms with Crippen molar-refractivity contribution in [1.29, 1.82) is 0 Å². The van der Waals surface area contributed by atoms with Crippen molar-refractivity contribution in [3.05, 3.63) is 35.4 Å². The van der Waals surface area contributed by atoms with Gasteiger partial charge in [0.25, 0.3) is 0 Å². The number of nitrogens with zero attached hydrogens (tertiary/aromatic N) is 1. The Morgan fingerprint density at radius 1 is 1.28 bits per heavy atom. The minimum absolute atomic E-state index is 0.0831. The highest BCUT2D eigenvalue weighted by Gasteiger charge is 2.28. The zero-order chi connectivity index (χ0) is 13.1. The molecule has 1 heterocycles. The molecule has 18 heavy (non-hydrogen) atoms. The standard InChI is InChI=1S/C15H21NO2/c1-11(15(17)18-3)12(2)16-9-8-13-6-4-5-7-14(13)10-16/h4-7,11-12H,8-10H2,1-3H3. The topological polar surface area (TPSA) is 29.5 Å². The maximum atomic E-state index is 11.6. The Morgan fingerprint density at radius 3 is 2.61 bits per heavy atom. The second-order valence-electron chi connectivity index (χ2n) is 5.04. The Bertz CT molecular complexity index is 430. The summed E-state index contributed by atoms with van der Waals surface area (Å²) in [6.07, 6.45) is 1.06. The van der Waals surface area contributed by atoms with Crippen molar-refractivity contribution in [3.8, 4) is 0 Å². The van der Waals surface area contributed by atoms with Gasteiger partial charge >= 0.3 is 5.97 Å². The lowest BCUT2D eigenvalue weighted by Crippen LogP contribution is -2.43. The first-order valence-electron chi connectivity index (χ1n) is 6.52. The van der Waals surface area contributed by atoms with E-state index in [1.165, 1.54) is 18.2 Å². The summed E-state index contributed by atoms with van der Waals surface area (Å²) in [5.74, 6) is -0.207. The van der Waals surface area contributed by atoms with Crippen LogP contribution in [0.1, 0.15) is 25.0 Å². The number of carbonyl (C=O) groups is 1. The molecular formula is C15H21NO2. The molecule has 0 fully saturated rings. The lowest BCUT2D eigenvalue weighted by Gasteiger charge is -2.35. The Balaban J connectivity index is 2.06. The van der Waals surface area contributed by atoms with E-state index >= 15 is 0 Å². The van der Waals surface area contributed by atoms with E-state index in [4.69, 9.17) is 4.74 Å². The highest BCUT2D eigenvalue weighted by Crippen LogP contribution is 2.23. The van der Waals surface area contributed by atoms with Gasteiger partial charge < -0.3 is 4.74 Å². The summed E-state index contributed by atoms with van der Waals surface area (Å²) >= 11 is 0. The van der Waals surface area contributed by atoms with Crippen LogP contribution >= 0.6 is 0 Å². The molecule has 0 saturated heterocycles. The summed E-state index contributed by atoms with van der Waals surface area (Å²) in [6, 6.07) is 8.76. The molecule has 0 aliphatic carbocycles. The van der Waals surface area contributed by atoms with Gasteiger partial charge in [0.05, 0.1) is 13.0 Å². The predicted molar refractivity (Wildman–Crippen MR) is 71.2 cm³/mol. The second kappa shape index (κ2) is 5.53. The number of hydrogen-bond donors (Lipinski definition) is 0. The smallest absolute Gasteiger partial charge is 0.309 e. The van der Waals surface area contributed by atoms with Gasteiger partial charge in [-0.05, 0) is 24.5 Å². The van der Waals surface area contributed by atoms with Crippen LogP contribution in [0.3, 0.4) is 0 Å². The van der Waals surface area contributed by atoms with Crippen LogP contribution in [0.15, 0.2) is 24.3 Å². The average Bonchev–Trinajstić information content (AvgIpc) is 2.44. The van der Waals surface area contributed by atoms with Crippen molar-refractivity contribution in [2.24, 2.45) is 5.92 Å². The van der Waals surface area contributed by atoms with E-state index in [1.807, 2.05) is 6.92 Å². The van der Waals surface area contributed by atoms with E-state index in [-0.39, 0.29) is 17.9 Å². The molecule has 2 unspecified atom stereocenters. The van der Waals surface area contributed by atoms with Crippen molar-refractivity contribution < 1.29 is 9.53 Å². The molecule has 0 amide bonds. The number of benzene rings is 1. The molecule has 1 aliphatic rings. The van der Waals surface area contributed by atoms with Gasteiger partial charge in [-0.3, -0.25) is 9.69 Å². The second-order valence-corrected chi connectivity index (χ2v) is 5.04. The summed E-state index contributed by atoms with van der Waals surface area (Å²) in [5, 5.41) is 0. The van der Waals surface area contributed by atoms with E-state index in [2.05, 4.69) is 36.1 Å². The van der Waals surface area contributed by atoms with Crippen LogP contribution in [0.25, 0.3) is 0 Å². The molecule has 1 aliphatic heterocycles. The Kier molecular flexibility index (Phi) is 4.02. The summed E-state index contributed by atoms with van der Waals surface area (Å²) in [7, 11) is 1.46. The quantitative estimate of drug-likeness (QED) is 0.767. The van der Waals surface area contributed by atoms with Crippen LogP contribution in [0.2, 0.25) is 0 Å². The average molecular weight is 247 g/mol. The van der Waals surface area contributed by atoms with Gasteiger partial charge in [0, 0.05) is 19.1 Å². The summed E-state index contributed by atoms with van der Waals surface area (Å²) in [5.41, 5.74) is 2.82. The number of carbonyl (C=O) groups excluding carboxylic acids is 1. The predicted octanol–water partition coefficient (Wildman–Crippen LogP) is 2.24. The summed E-state index contributed by atoms with van der Waals surface area (Å²) in [6.45, 7) is 5.99. The molecule has 3 heteroatoms. The molecule has 2 atom stereocenters. The fraction of sp³-hybridized carbons (Fsp3) is 0.533. The third-order valence-electron chi connectivity index (χ3n) is 4.03. The van der Waals surface area contributed by atoms with Crippen LogP contribution in [0.5, 0.6) is 0 Å². The first-order valence-corrected chi connectivity index (χ1v) is 6.52. The molecule has 2 rings (SSSR count). The molecule has 0 bridgehead atoms. The zero-order valence-corrected chi connectivity index (χ0v) is 11.3. The van der Waals surface area contributed by atoms with Gasteiger partial charge in [-0.1, -0.05) is 31.2 Å². The van der Waals surface area contributed by atoms with Crippen LogP contribution in [-0.4, -0.2) is 30.6 Å². The lowest BCUT2D eigenvalue weighted by atomic mass is 9.95. The third kappa shape index (κ3) is 2.56. The largest absolute Gasteiger partial charge is 0.469 e. The van der Waals surface area contributed by atoms with E-state index in [0.29, 0.717) is 0 Å². The monoisotopic (exact) mass is 247 g/mol. The van der Waals surface area contributed by atoms with Gasteiger partial charge in [-0.2, -0.15) is 0 Å². The van der Waals surface area contributed by atoms with E-state index in [1.54, 1.807) is 0 Å². The number of esters is 1. The van der Waals surface area contributed by atoms with Gasteiger partial charge in [0.1, 0.15) is 0 Å². The van der Waals surface area contributed by atoms with Crippen molar-refractivity contribution in [3.63, 3.8) is 0 Å². The van der Waals surface area contributed by atoms with E-state index in [9.17, 15) is 4.79 Å². The fourth-order valence-corrected chi connectivity index (χ4v) is 2.56. The molecule has 0 N–H and O–H groups in total. The molecular weight excluding hydrogens is 226 g/mol. The minimum Gasteiger partial charge on any atom is -0.469 e. The molecule has 98 valence electrons. The highest BCUT2D eigenvalue weighted by molar-refractivity contribution is 5.72. The lowest BCUT2D eigenvalue weighted by molar-refractivity contribution is -0.147. The fourth-order valence-electron chi connectivity index (χ4n) is 2.56. The normalized spacial score (nSPS) is 18.8. The Morgan fingerprint density at radius 2 is 1.94 bits per heavy atom. The summed E-state index contributed by atoms with van der Waals surface area (Å²) in [4.78, 5) is 14.0. The molecule has 0 saturated carbocycles. The summed E-state index contributed by atoms with van der Waals surface area (Å²) < 4.78 is 4.83. The van der Waals surface area contributed by atoms with Gasteiger partial charge in [0.15, 0.2) is 0 Å². The number of fused-ring (bicyclic) bond motifs is 1. The zero-order valence-electron chi connectivity index (χ0n) is 11.3. The molecule has 0 aromatic heterocycles. The van der Waals surface area contributed by atoms with Crippen LogP contribution in [0, 0.1) is 5.92 Å². The van der Waals surface area contributed by atoms with Gasteiger partial charge in [-0.15, -0.1) is 0 Å². The maximum Gasteiger partial charge on any atom is 0.309 e. The first-order chi connectivity index (χ1) is 8.63. The van der Waals surface area contributed by atoms with Crippen molar-refractivity contribution in [2.75, 3.05) is 13.7 Å². The number of methoxy groups -OCH3 is 1. The van der Waals surface area contributed by atoms with Crippen LogP contribution in [-0.2, 0) is 22.5 Å². The van der Waals surface area contributed by atoms with Crippen LogP contribution in [0.4, 0.5) is 0 Å². The number of hydrogen-bond acceptors (Lipinski definition) is 3. The molecule has 3 nitrogen and oxygen atoms in total. The SMILES string of the molecule is COC(=O)C(C)C(C)N1CCc2ccccc2C1. The third-order valence-corrected chi connectivity index (χ3v) is 4.03. The molecule has 0 spiro atoms. The van der Waals surface area contributed by atoms with Crippen molar-refractivity contribution in [1.82, 2.24) is 4.90 Å². The van der Waals surface area contributed by atoms with Crippen molar-refractivity contribution >= 4 is 5.97 Å². The van der Waals surface area contributed by atoms with Gasteiger partial charge in [-0.25, -0.2) is 0 Å². The van der Waals surface area contributed by atoms with E-state index in [0.717, 1.165) is 19.5 Å². The first kappa shape index (κ1) is 13.1. The number of ether oxygens (including phenoxy) is 1. The Labute approximate surface area is 109 Å². The van der Waals surface area contributed by atoms with Gasteiger partial charge in [0.2, 0.25) is 0 Å². The molecule has 0 radical (unpaired) electrons.